The van der Waals surface area contributed by atoms with Crippen LogP contribution in [0.2, 0.25) is 0 Å². The van der Waals surface area contributed by atoms with Crippen LogP contribution in [0.1, 0.15) is 73.1 Å². The average Bonchev–Trinajstić information content (AvgIpc) is 2.93. The third kappa shape index (κ3) is 19.0. The number of carbonyl (C=O) groups is 3. The van der Waals surface area contributed by atoms with Gasteiger partial charge in [0.15, 0.2) is 0 Å². The number of amides is 3. The van der Waals surface area contributed by atoms with E-state index in [1.807, 2.05) is 13.8 Å². The van der Waals surface area contributed by atoms with Gasteiger partial charge in [-0.05, 0) is 46.0 Å². The van der Waals surface area contributed by atoms with Crippen LogP contribution in [0.15, 0.2) is 11.4 Å². The molecule has 1 aliphatic carbocycles. The van der Waals surface area contributed by atoms with E-state index in [-0.39, 0.29) is 49.0 Å². The van der Waals surface area contributed by atoms with Gasteiger partial charge in [0.2, 0.25) is 17.7 Å². The van der Waals surface area contributed by atoms with E-state index in [1.54, 1.807) is 0 Å². The maximum atomic E-state index is 12.3. The molecule has 0 spiro atoms. The van der Waals surface area contributed by atoms with Gasteiger partial charge in [0.05, 0.1) is 58.6 Å². The SMILES string of the molecule is CC(C)[C@H](NC(=O)CCOCCOCCOCCOCCNC(=O)COC1CCCCCC(NC(C)(C)C)=C1NN)C(N)=O. The van der Waals surface area contributed by atoms with E-state index in [0.717, 1.165) is 43.5 Å². The molecule has 8 N–H and O–H groups in total. The highest BCUT2D eigenvalue weighted by molar-refractivity contribution is 5.86. The van der Waals surface area contributed by atoms with Crippen LogP contribution in [0, 0.1) is 5.92 Å². The molecule has 0 saturated heterocycles. The molecule has 14 heteroatoms. The molecule has 0 bridgehead atoms. The van der Waals surface area contributed by atoms with Crippen molar-refractivity contribution in [3.05, 3.63) is 11.4 Å². The summed E-state index contributed by atoms with van der Waals surface area (Å²) in [5, 5.41) is 8.96. The van der Waals surface area contributed by atoms with E-state index in [9.17, 15) is 14.4 Å². The highest BCUT2D eigenvalue weighted by atomic mass is 16.6. The van der Waals surface area contributed by atoms with E-state index in [0.29, 0.717) is 52.8 Å². The lowest BCUT2D eigenvalue weighted by atomic mass is 9.97. The van der Waals surface area contributed by atoms with Crippen molar-refractivity contribution in [2.75, 3.05) is 66.0 Å². The molecule has 0 radical (unpaired) electrons. The Kier molecular flexibility index (Phi) is 20.6. The molecule has 1 rings (SSSR count). The summed E-state index contributed by atoms with van der Waals surface area (Å²) in [7, 11) is 0. The standard InChI is InChI=1S/C30H58N6O8/c1-22(2)27(29(31)39)34-25(37)11-13-40-15-17-42-19-20-43-18-16-41-14-12-33-26(38)21-44-24-10-8-6-7-9-23(28(24)36-32)35-30(3,4)5/h22,24,27,35-36H,6-21,32H2,1-5H3,(H2,31,39)(H,33,38)(H,34,37)/t24?,27-/m0/s1. The Hall–Kier alpha value is -2.49. The van der Waals surface area contributed by atoms with Crippen molar-refractivity contribution in [3.63, 3.8) is 0 Å². The summed E-state index contributed by atoms with van der Waals surface area (Å²) in [6, 6.07) is -0.685. The first-order valence-electron chi connectivity index (χ1n) is 15.7. The minimum Gasteiger partial charge on any atom is -0.382 e. The zero-order valence-electron chi connectivity index (χ0n) is 27.5. The summed E-state index contributed by atoms with van der Waals surface area (Å²) < 4.78 is 27.8. The van der Waals surface area contributed by atoms with Gasteiger partial charge in [-0.3, -0.25) is 20.2 Å². The number of allylic oxidation sites excluding steroid dienone is 1. The van der Waals surface area contributed by atoms with Crippen LogP contribution in [0.4, 0.5) is 0 Å². The van der Waals surface area contributed by atoms with Crippen LogP contribution >= 0.6 is 0 Å². The van der Waals surface area contributed by atoms with Crippen molar-refractivity contribution in [2.45, 2.75) is 90.8 Å². The lowest BCUT2D eigenvalue weighted by Gasteiger charge is -2.31. The molecule has 3 amide bonds. The van der Waals surface area contributed by atoms with Gasteiger partial charge in [-0.25, -0.2) is 0 Å². The van der Waals surface area contributed by atoms with Crippen molar-refractivity contribution in [1.82, 2.24) is 21.4 Å². The van der Waals surface area contributed by atoms with Gasteiger partial charge in [0.25, 0.3) is 0 Å². The van der Waals surface area contributed by atoms with Crippen LogP contribution in [-0.4, -0.2) is 101 Å². The van der Waals surface area contributed by atoms with E-state index in [4.69, 9.17) is 35.3 Å². The van der Waals surface area contributed by atoms with E-state index < -0.39 is 11.9 Å². The summed E-state index contributed by atoms with van der Waals surface area (Å²) >= 11 is 0. The second kappa shape index (κ2) is 22.9. The lowest BCUT2D eigenvalue weighted by molar-refractivity contribution is -0.129. The van der Waals surface area contributed by atoms with Crippen LogP contribution in [-0.2, 0) is 38.1 Å². The third-order valence-electron chi connectivity index (χ3n) is 6.58. The topological polar surface area (TPSA) is 198 Å². The van der Waals surface area contributed by atoms with E-state index in [1.165, 1.54) is 0 Å². The molecular formula is C30H58N6O8. The minimum absolute atomic E-state index is 0.0577. The smallest absolute Gasteiger partial charge is 0.246 e. The third-order valence-corrected chi connectivity index (χ3v) is 6.58. The van der Waals surface area contributed by atoms with Crippen LogP contribution < -0.4 is 33.0 Å². The number of hydrogen-bond acceptors (Lipinski definition) is 11. The second-order valence-corrected chi connectivity index (χ2v) is 12.1. The number of hydrogen-bond donors (Lipinski definition) is 6. The maximum Gasteiger partial charge on any atom is 0.246 e. The van der Waals surface area contributed by atoms with Gasteiger partial charge in [0, 0.05) is 24.2 Å². The fourth-order valence-corrected chi connectivity index (χ4v) is 4.44. The molecule has 256 valence electrons. The fourth-order valence-electron chi connectivity index (χ4n) is 4.44. The Morgan fingerprint density at radius 3 is 2.00 bits per heavy atom. The number of nitrogens with two attached hydrogens (primary N) is 2. The van der Waals surface area contributed by atoms with Gasteiger partial charge in [-0.1, -0.05) is 26.7 Å². The molecule has 44 heavy (non-hydrogen) atoms. The normalized spacial score (nSPS) is 16.7. The Bertz CT molecular complexity index is 865. The summed E-state index contributed by atoms with van der Waals surface area (Å²) in [6.45, 7) is 13.2. The molecule has 0 aromatic rings. The van der Waals surface area contributed by atoms with Gasteiger partial charge in [-0.15, -0.1) is 0 Å². The zero-order chi connectivity index (χ0) is 32.8. The van der Waals surface area contributed by atoms with Crippen molar-refractivity contribution in [1.29, 1.82) is 0 Å². The summed E-state index contributed by atoms with van der Waals surface area (Å²) in [4.78, 5) is 35.5. The van der Waals surface area contributed by atoms with Crippen molar-refractivity contribution in [2.24, 2.45) is 17.5 Å². The van der Waals surface area contributed by atoms with Crippen molar-refractivity contribution >= 4 is 17.7 Å². The Balaban J connectivity index is 2.05. The molecule has 0 aromatic carbocycles. The molecule has 2 atom stereocenters. The number of rotatable bonds is 23. The molecule has 0 fully saturated rings. The second-order valence-electron chi connectivity index (χ2n) is 12.1. The predicted octanol–water partition coefficient (Wildman–Crippen LogP) is 0.598. The van der Waals surface area contributed by atoms with Gasteiger partial charge < -0.3 is 50.8 Å². The molecule has 0 aliphatic heterocycles. The van der Waals surface area contributed by atoms with E-state index in [2.05, 4.69) is 42.1 Å². The number of nitrogens with one attached hydrogen (secondary N) is 4. The van der Waals surface area contributed by atoms with Crippen molar-refractivity contribution in [3.8, 4) is 0 Å². The number of carbonyl (C=O) groups excluding carboxylic acids is 3. The predicted molar refractivity (Wildman–Crippen MR) is 167 cm³/mol. The molecule has 14 nitrogen and oxygen atoms in total. The summed E-state index contributed by atoms with van der Waals surface area (Å²) in [5.74, 6) is 4.75. The van der Waals surface area contributed by atoms with Crippen LogP contribution in [0.5, 0.6) is 0 Å². The Morgan fingerprint density at radius 2 is 1.45 bits per heavy atom. The monoisotopic (exact) mass is 630 g/mol. The quantitative estimate of drug-likeness (QED) is 0.0525. The molecular weight excluding hydrogens is 572 g/mol. The number of hydrazine groups is 1. The van der Waals surface area contributed by atoms with Crippen LogP contribution in [0.25, 0.3) is 0 Å². The molecule has 0 heterocycles. The van der Waals surface area contributed by atoms with Crippen molar-refractivity contribution < 1.29 is 38.1 Å². The zero-order valence-corrected chi connectivity index (χ0v) is 27.5. The highest BCUT2D eigenvalue weighted by Gasteiger charge is 2.24. The highest BCUT2D eigenvalue weighted by Crippen LogP contribution is 2.24. The fraction of sp³-hybridized carbons (Fsp3) is 0.833. The average molecular weight is 631 g/mol. The molecule has 0 aromatic heterocycles. The first kappa shape index (κ1) is 39.5. The molecule has 0 saturated carbocycles. The minimum atomic E-state index is -0.685. The number of ether oxygens (including phenoxy) is 5. The maximum absolute atomic E-state index is 12.3. The Labute approximate surface area is 263 Å². The molecule has 1 unspecified atom stereocenters. The lowest BCUT2D eigenvalue weighted by Crippen LogP contribution is -2.47. The van der Waals surface area contributed by atoms with Gasteiger partial charge in [0.1, 0.15) is 18.8 Å². The van der Waals surface area contributed by atoms with Crippen LogP contribution in [0.3, 0.4) is 0 Å². The van der Waals surface area contributed by atoms with Gasteiger partial charge >= 0.3 is 0 Å². The van der Waals surface area contributed by atoms with E-state index >= 15 is 0 Å². The Morgan fingerprint density at radius 1 is 0.864 bits per heavy atom. The number of primary amides is 1. The first-order valence-corrected chi connectivity index (χ1v) is 15.7. The van der Waals surface area contributed by atoms with Gasteiger partial charge in [-0.2, -0.15) is 0 Å². The molecule has 1 aliphatic rings. The summed E-state index contributed by atoms with van der Waals surface area (Å²) in [5.41, 5.74) is 9.86. The largest absolute Gasteiger partial charge is 0.382 e. The summed E-state index contributed by atoms with van der Waals surface area (Å²) in [6.07, 6.45) is 4.74. The first-order chi connectivity index (χ1) is 20.9.